The second kappa shape index (κ2) is 9.42. The van der Waals surface area contributed by atoms with E-state index in [4.69, 9.17) is 0 Å². The van der Waals surface area contributed by atoms with Crippen molar-refractivity contribution in [3.63, 3.8) is 0 Å². The standard InChI is InChI=1S/C13H28N2O2/c1-5-11(6-2)12(16)9-14-10-13(17)15(7-3)8-4/h11-12,14,16H,5-10H2,1-4H3. The number of carbonyl (C=O) groups is 1. The van der Waals surface area contributed by atoms with E-state index in [1.54, 1.807) is 4.90 Å². The molecule has 1 amide bonds. The Labute approximate surface area is 105 Å². The van der Waals surface area contributed by atoms with E-state index in [0.29, 0.717) is 19.0 Å². The van der Waals surface area contributed by atoms with Gasteiger partial charge in [-0.25, -0.2) is 0 Å². The Morgan fingerprint density at radius 1 is 1.18 bits per heavy atom. The third kappa shape index (κ3) is 6.03. The average molecular weight is 244 g/mol. The van der Waals surface area contributed by atoms with Crippen LogP contribution in [0.5, 0.6) is 0 Å². The van der Waals surface area contributed by atoms with Gasteiger partial charge in [0.05, 0.1) is 12.6 Å². The number of nitrogens with one attached hydrogen (secondary N) is 1. The SMILES string of the molecule is CCC(CC)C(O)CNCC(=O)N(CC)CC. The smallest absolute Gasteiger partial charge is 0.236 e. The van der Waals surface area contributed by atoms with Crippen molar-refractivity contribution in [1.82, 2.24) is 10.2 Å². The number of aliphatic hydroxyl groups excluding tert-OH is 1. The maximum Gasteiger partial charge on any atom is 0.236 e. The summed E-state index contributed by atoms with van der Waals surface area (Å²) in [6.07, 6.45) is 1.60. The van der Waals surface area contributed by atoms with Crippen molar-refractivity contribution in [2.45, 2.75) is 46.6 Å². The Kier molecular flexibility index (Phi) is 9.09. The van der Waals surface area contributed by atoms with Gasteiger partial charge in [0.1, 0.15) is 0 Å². The van der Waals surface area contributed by atoms with Crippen LogP contribution in [0, 0.1) is 5.92 Å². The van der Waals surface area contributed by atoms with E-state index in [1.807, 2.05) is 13.8 Å². The second-order valence-electron chi connectivity index (χ2n) is 4.34. The van der Waals surface area contributed by atoms with Gasteiger partial charge in [-0.05, 0) is 19.8 Å². The van der Waals surface area contributed by atoms with Gasteiger partial charge in [0.15, 0.2) is 0 Å². The highest BCUT2D eigenvalue weighted by Gasteiger charge is 2.16. The lowest BCUT2D eigenvalue weighted by molar-refractivity contribution is -0.129. The second-order valence-corrected chi connectivity index (χ2v) is 4.34. The van der Waals surface area contributed by atoms with Crippen molar-refractivity contribution in [1.29, 1.82) is 0 Å². The molecule has 0 spiro atoms. The number of nitrogens with zero attached hydrogens (tertiary/aromatic N) is 1. The van der Waals surface area contributed by atoms with Crippen molar-refractivity contribution < 1.29 is 9.90 Å². The molecule has 1 unspecified atom stereocenters. The molecular formula is C13H28N2O2. The molecule has 0 bridgehead atoms. The number of hydrogen-bond donors (Lipinski definition) is 2. The molecule has 0 aromatic carbocycles. The predicted octanol–water partition coefficient (Wildman–Crippen LogP) is 1.24. The highest BCUT2D eigenvalue weighted by atomic mass is 16.3. The Morgan fingerprint density at radius 3 is 2.12 bits per heavy atom. The number of carbonyl (C=O) groups excluding carboxylic acids is 1. The van der Waals surface area contributed by atoms with Crippen LogP contribution in [0.4, 0.5) is 0 Å². The Hall–Kier alpha value is -0.610. The van der Waals surface area contributed by atoms with Gasteiger partial charge in [0.25, 0.3) is 0 Å². The zero-order valence-electron chi connectivity index (χ0n) is 11.7. The highest BCUT2D eigenvalue weighted by Crippen LogP contribution is 2.11. The third-order valence-electron chi connectivity index (χ3n) is 3.34. The average Bonchev–Trinajstić information content (AvgIpc) is 2.32. The number of likely N-dealkylation sites (N-methyl/N-ethyl adjacent to an activating group) is 1. The van der Waals surface area contributed by atoms with Gasteiger partial charge in [-0.15, -0.1) is 0 Å². The van der Waals surface area contributed by atoms with Gasteiger partial charge in [-0.2, -0.15) is 0 Å². The fraction of sp³-hybridized carbons (Fsp3) is 0.923. The summed E-state index contributed by atoms with van der Waals surface area (Å²) in [5.41, 5.74) is 0. The van der Waals surface area contributed by atoms with E-state index in [-0.39, 0.29) is 12.0 Å². The van der Waals surface area contributed by atoms with Crippen LogP contribution >= 0.6 is 0 Å². The molecule has 0 rings (SSSR count). The van der Waals surface area contributed by atoms with Crippen LogP contribution in [-0.2, 0) is 4.79 Å². The molecule has 1 atom stereocenters. The maximum absolute atomic E-state index is 11.7. The summed E-state index contributed by atoms with van der Waals surface area (Å²) < 4.78 is 0. The minimum absolute atomic E-state index is 0.103. The van der Waals surface area contributed by atoms with E-state index in [2.05, 4.69) is 19.2 Å². The van der Waals surface area contributed by atoms with Gasteiger partial charge in [0, 0.05) is 19.6 Å². The molecule has 0 aromatic heterocycles. The molecule has 0 saturated heterocycles. The molecule has 0 aromatic rings. The maximum atomic E-state index is 11.7. The summed E-state index contributed by atoms with van der Waals surface area (Å²) in [4.78, 5) is 13.5. The van der Waals surface area contributed by atoms with Crippen molar-refractivity contribution >= 4 is 5.91 Å². The van der Waals surface area contributed by atoms with Gasteiger partial charge in [-0.3, -0.25) is 4.79 Å². The Balaban J connectivity index is 3.86. The molecule has 0 fully saturated rings. The van der Waals surface area contributed by atoms with Crippen LogP contribution in [0.15, 0.2) is 0 Å². The Bertz CT molecular complexity index is 202. The van der Waals surface area contributed by atoms with E-state index >= 15 is 0 Å². The minimum atomic E-state index is -0.352. The van der Waals surface area contributed by atoms with Crippen LogP contribution in [0.1, 0.15) is 40.5 Å². The van der Waals surface area contributed by atoms with Crippen LogP contribution in [0.25, 0.3) is 0 Å². The first-order chi connectivity index (χ1) is 8.10. The topological polar surface area (TPSA) is 52.6 Å². The number of amides is 1. The molecule has 4 nitrogen and oxygen atoms in total. The molecule has 0 aliphatic carbocycles. The summed E-state index contributed by atoms with van der Waals surface area (Å²) in [6.45, 7) is 10.4. The van der Waals surface area contributed by atoms with Crippen LogP contribution in [-0.4, -0.2) is 48.2 Å². The summed E-state index contributed by atoms with van der Waals surface area (Å²) in [5.74, 6) is 0.429. The molecule has 0 radical (unpaired) electrons. The Morgan fingerprint density at radius 2 is 1.71 bits per heavy atom. The molecular weight excluding hydrogens is 216 g/mol. The van der Waals surface area contributed by atoms with E-state index in [9.17, 15) is 9.90 Å². The molecule has 0 saturated carbocycles. The van der Waals surface area contributed by atoms with Gasteiger partial charge >= 0.3 is 0 Å². The lowest BCUT2D eigenvalue weighted by Crippen LogP contribution is -2.41. The number of aliphatic hydroxyl groups is 1. The van der Waals surface area contributed by atoms with Gasteiger partial charge in [0.2, 0.25) is 5.91 Å². The summed E-state index contributed by atoms with van der Waals surface area (Å²) in [5, 5.41) is 12.9. The highest BCUT2D eigenvalue weighted by molar-refractivity contribution is 5.78. The monoisotopic (exact) mass is 244 g/mol. The molecule has 17 heavy (non-hydrogen) atoms. The van der Waals surface area contributed by atoms with Crippen LogP contribution in [0.2, 0.25) is 0 Å². The van der Waals surface area contributed by atoms with Crippen molar-refractivity contribution in [2.75, 3.05) is 26.2 Å². The predicted molar refractivity (Wildman–Crippen MR) is 70.9 cm³/mol. The van der Waals surface area contributed by atoms with Gasteiger partial charge < -0.3 is 15.3 Å². The molecule has 4 heteroatoms. The van der Waals surface area contributed by atoms with Crippen molar-refractivity contribution in [3.8, 4) is 0 Å². The quantitative estimate of drug-likeness (QED) is 0.641. The fourth-order valence-electron chi connectivity index (χ4n) is 2.01. The van der Waals surface area contributed by atoms with E-state index < -0.39 is 0 Å². The first-order valence-corrected chi connectivity index (χ1v) is 6.77. The van der Waals surface area contributed by atoms with Crippen molar-refractivity contribution in [3.05, 3.63) is 0 Å². The molecule has 0 heterocycles. The fourth-order valence-corrected chi connectivity index (χ4v) is 2.01. The van der Waals surface area contributed by atoms with Crippen LogP contribution in [0.3, 0.4) is 0 Å². The number of hydrogen-bond acceptors (Lipinski definition) is 3. The summed E-state index contributed by atoms with van der Waals surface area (Å²) in [7, 11) is 0. The largest absolute Gasteiger partial charge is 0.392 e. The molecule has 0 aliphatic heterocycles. The van der Waals surface area contributed by atoms with Crippen LogP contribution < -0.4 is 5.32 Å². The zero-order valence-corrected chi connectivity index (χ0v) is 11.7. The summed E-state index contributed by atoms with van der Waals surface area (Å²) in [6, 6.07) is 0. The van der Waals surface area contributed by atoms with E-state index in [1.165, 1.54) is 0 Å². The molecule has 0 aliphatic rings. The zero-order chi connectivity index (χ0) is 13.3. The lowest BCUT2D eigenvalue weighted by atomic mass is 9.97. The first-order valence-electron chi connectivity index (χ1n) is 6.77. The summed E-state index contributed by atoms with van der Waals surface area (Å²) >= 11 is 0. The molecule has 102 valence electrons. The normalized spacial score (nSPS) is 12.8. The third-order valence-corrected chi connectivity index (χ3v) is 3.34. The minimum Gasteiger partial charge on any atom is -0.392 e. The molecule has 2 N–H and O–H groups in total. The first kappa shape index (κ1) is 16.4. The number of rotatable bonds is 9. The van der Waals surface area contributed by atoms with Crippen molar-refractivity contribution in [2.24, 2.45) is 5.92 Å². The lowest BCUT2D eigenvalue weighted by Gasteiger charge is -2.22. The van der Waals surface area contributed by atoms with E-state index in [0.717, 1.165) is 25.9 Å². The van der Waals surface area contributed by atoms with Gasteiger partial charge in [-0.1, -0.05) is 26.7 Å².